The Balaban J connectivity index is 1.35. The molecule has 1 aromatic heterocycles. The third-order valence-corrected chi connectivity index (χ3v) is 5.61. The fraction of sp³-hybridized carbons (Fsp3) is 0.800. The molecule has 1 heterocycles. The summed E-state index contributed by atoms with van der Waals surface area (Å²) < 4.78 is 4.86. The molecule has 0 spiro atoms. The van der Waals surface area contributed by atoms with Gasteiger partial charge in [-0.25, -0.2) is 0 Å². The van der Waals surface area contributed by atoms with Gasteiger partial charge in [0.25, 0.3) is 0 Å². The molecule has 0 aliphatic heterocycles. The molecule has 3 heteroatoms. The van der Waals surface area contributed by atoms with E-state index in [1.807, 2.05) is 6.20 Å². The second kappa shape index (κ2) is 4.37. The van der Waals surface area contributed by atoms with Gasteiger partial charge in [0, 0.05) is 12.1 Å². The molecule has 1 N–H and O–H groups in total. The Bertz CT molecular complexity index is 373. The van der Waals surface area contributed by atoms with Crippen LogP contribution < -0.4 is 5.32 Å². The molecule has 18 heavy (non-hydrogen) atoms. The molecule has 0 atom stereocenters. The lowest BCUT2D eigenvalue weighted by Gasteiger charge is -2.54. The zero-order chi connectivity index (χ0) is 11.9. The molecule has 4 fully saturated rings. The standard InChI is InChI=1S/C15H22N2O/c1-10-2-13-4-11(1)5-14(3-10)15(13)8-16-6-12-7-17-18-9-12/h7,9-11,13-16H,1-6,8H2. The third-order valence-electron chi connectivity index (χ3n) is 5.61. The monoisotopic (exact) mass is 246 g/mol. The number of nitrogens with zero attached hydrogens (tertiary/aromatic N) is 1. The highest BCUT2D eigenvalue weighted by Crippen LogP contribution is 2.56. The van der Waals surface area contributed by atoms with Crippen molar-refractivity contribution >= 4 is 0 Å². The van der Waals surface area contributed by atoms with E-state index in [9.17, 15) is 0 Å². The van der Waals surface area contributed by atoms with Gasteiger partial charge in [0.05, 0.1) is 6.20 Å². The van der Waals surface area contributed by atoms with Crippen LogP contribution in [0.2, 0.25) is 0 Å². The Morgan fingerprint density at radius 1 is 1.11 bits per heavy atom. The van der Waals surface area contributed by atoms with E-state index in [1.54, 1.807) is 12.7 Å². The van der Waals surface area contributed by atoms with Crippen LogP contribution in [0.3, 0.4) is 0 Å². The summed E-state index contributed by atoms with van der Waals surface area (Å²) in [6, 6.07) is 0. The van der Waals surface area contributed by atoms with Crippen LogP contribution in [0.4, 0.5) is 0 Å². The van der Waals surface area contributed by atoms with Crippen LogP contribution in [0.5, 0.6) is 0 Å². The summed E-state index contributed by atoms with van der Waals surface area (Å²) in [5, 5.41) is 7.36. The van der Waals surface area contributed by atoms with E-state index in [4.69, 9.17) is 4.52 Å². The zero-order valence-corrected chi connectivity index (χ0v) is 10.8. The first-order valence-electron chi connectivity index (χ1n) is 7.47. The summed E-state index contributed by atoms with van der Waals surface area (Å²) in [6.45, 7) is 2.10. The molecule has 1 aromatic rings. The highest BCUT2D eigenvalue weighted by molar-refractivity contribution is 5.01. The third kappa shape index (κ3) is 1.89. The Labute approximate surface area is 108 Å². The maximum Gasteiger partial charge on any atom is 0.128 e. The minimum absolute atomic E-state index is 0.909. The molecule has 0 radical (unpaired) electrons. The van der Waals surface area contributed by atoms with E-state index in [0.717, 1.165) is 36.1 Å². The molecule has 4 bridgehead atoms. The quantitative estimate of drug-likeness (QED) is 0.887. The van der Waals surface area contributed by atoms with Crippen LogP contribution in [-0.4, -0.2) is 11.7 Å². The summed E-state index contributed by atoms with van der Waals surface area (Å²) in [5.74, 6) is 5.16. The van der Waals surface area contributed by atoms with Crippen molar-refractivity contribution in [3.8, 4) is 0 Å². The minimum Gasteiger partial charge on any atom is -0.364 e. The lowest BCUT2D eigenvalue weighted by molar-refractivity contribution is -0.0355. The van der Waals surface area contributed by atoms with Crippen LogP contribution >= 0.6 is 0 Å². The van der Waals surface area contributed by atoms with Gasteiger partial charge in [0.1, 0.15) is 6.26 Å². The van der Waals surface area contributed by atoms with E-state index in [0.29, 0.717) is 0 Å². The van der Waals surface area contributed by atoms with E-state index in [-0.39, 0.29) is 0 Å². The number of aromatic nitrogens is 1. The second-order valence-corrected chi connectivity index (χ2v) is 6.76. The first-order valence-corrected chi connectivity index (χ1v) is 7.47. The lowest BCUT2D eigenvalue weighted by Crippen LogP contribution is -2.48. The van der Waals surface area contributed by atoms with Crippen molar-refractivity contribution in [2.75, 3.05) is 6.54 Å². The van der Waals surface area contributed by atoms with Crippen molar-refractivity contribution in [2.45, 2.75) is 38.6 Å². The van der Waals surface area contributed by atoms with Crippen molar-refractivity contribution in [2.24, 2.45) is 29.6 Å². The average molecular weight is 246 g/mol. The molecular weight excluding hydrogens is 224 g/mol. The highest BCUT2D eigenvalue weighted by Gasteiger charge is 2.47. The van der Waals surface area contributed by atoms with Gasteiger partial charge in [-0.3, -0.25) is 0 Å². The fourth-order valence-corrected chi connectivity index (χ4v) is 5.07. The number of nitrogens with one attached hydrogen (secondary N) is 1. The van der Waals surface area contributed by atoms with Crippen molar-refractivity contribution in [1.29, 1.82) is 0 Å². The van der Waals surface area contributed by atoms with Crippen LogP contribution in [0.15, 0.2) is 17.0 Å². The van der Waals surface area contributed by atoms with Crippen molar-refractivity contribution in [1.82, 2.24) is 10.5 Å². The highest BCUT2D eigenvalue weighted by atomic mass is 16.5. The van der Waals surface area contributed by atoms with Gasteiger partial charge < -0.3 is 9.84 Å². The number of rotatable bonds is 4. The number of hydrogen-bond acceptors (Lipinski definition) is 3. The van der Waals surface area contributed by atoms with Crippen LogP contribution in [0, 0.1) is 29.6 Å². The van der Waals surface area contributed by atoms with Crippen LogP contribution in [-0.2, 0) is 6.54 Å². The maximum absolute atomic E-state index is 4.86. The summed E-state index contributed by atoms with van der Waals surface area (Å²) in [7, 11) is 0. The molecule has 0 aromatic carbocycles. The smallest absolute Gasteiger partial charge is 0.128 e. The molecular formula is C15H22N2O. The Hall–Kier alpha value is -0.830. The fourth-order valence-electron chi connectivity index (χ4n) is 5.07. The molecule has 3 nitrogen and oxygen atoms in total. The Kier molecular flexibility index (Phi) is 2.68. The molecule has 4 aliphatic carbocycles. The van der Waals surface area contributed by atoms with Gasteiger partial charge in [0.15, 0.2) is 0 Å². The first kappa shape index (κ1) is 11.0. The minimum atomic E-state index is 0.909. The van der Waals surface area contributed by atoms with Gasteiger partial charge in [-0.15, -0.1) is 0 Å². The number of hydrogen-bond donors (Lipinski definition) is 1. The Morgan fingerprint density at radius 2 is 1.83 bits per heavy atom. The Morgan fingerprint density at radius 3 is 2.44 bits per heavy atom. The summed E-state index contributed by atoms with van der Waals surface area (Å²) in [5.41, 5.74) is 1.17. The molecule has 0 amide bonds. The van der Waals surface area contributed by atoms with Gasteiger partial charge in [-0.1, -0.05) is 5.16 Å². The van der Waals surface area contributed by atoms with Crippen molar-refractivity contribution in [3.05, 3.63) is 18.0 Å². The van der Waals surface area contributed by atoms with Gasteiger partial charge in [-0.05, 0) is 68.2 Å². The normalized spacial score (nSPS) is 41.4. The summed E-state index contributed by atoms with van der Waals surface area (Å²) >= 11 is 0. The van der Waals surface area contributed by atoms with Crippen LogP contribution in [0.25, 0.3) is 0 Å². The first-order chi connectivity index (χ1) is 8.88. The van der Waals surface area contributed by atoms with Crippen LogP contribution in [0.1, 0.15) is 37.7 Å². The van der Waals surface area contributed by atoms with Gasteiger partial charge >= 0.3 is 0 Å². The molecule has 98 valence electrons. The zero-order valence-electron chi connectivity index (χ0n) is 10.8. The van der Waals surface area contributed by atoms with E-state index in [2.05, 4.69) is 10.5 Å². The second-order valence-electron chi connectivity index (χ2n) is 6.76. The largest absolute Gasteiger partial charge is 0.364 e. The van der Waals surface area contributed by atoms with E-state index in [1.165, 1.54) is 37.8 Å². The molecule has 4 saturated carbocycles. The van der Waals surface area contributed by atoms with Gasteiger partial charge in [0.2, 0.25) is 0 Å². The topological polar surface area (TPSA) is 38.1 Å². The molecule has 5 rings (SSSR count). The van der Waals surface area contributed by atoms with Crippen molar-refractivity contribution in [3.63, 3.8) is 0 Å². The summed E-state index contributed by atoms with van der Waals surface area (Å²) in [6.07, 6.45) is 11.2. The average Bonchev–Trinajstić information content (AvgIpc) is 2.85. The SMILES string of the molecule is c1nocc1CNCC1C2CC3CC(C2)CC1C3. The maximum atomic E-state index is 4.86. The molecule has 0 saturated heterocycles. The summed E-state index contributed by atoms with van der Waals surface area (Å²) in [4.78, 5) is 0. The van der Waals surface area contributed by atoms with E-state index < -0.39 is 0 Å². The predicted molar refractivity (Wildman–Crippen MR) is 68.7 cm³/mol. The lowest BCUT2D eigenvalue weighted by atomic mass is 9.52. The van der Waals surface area contributed by atoms with Crippen molar-refractivity contribution < 1.29 is 4.52 Å². The van der Waals surface area contributed by atoms with Gasteiger partial charge in [-0.2, -0.15) is 0 Å². The van der Waals surface area contributed by atoms with E-state index >= 15 is 0 Å². The molecule has 4 aliphatic rings. The predicted octanol–water partition coefficient (Wildman–Crippen LogP) is 2.84. The molecule has 0 unspecified atom stereocenters.